The first-order valence-electron chi connectivity index (χ1n) is 13.9. The number of hydrogen-bond acceptors (Lipinski definition) is 3. The number of carboxylic acids is 1. The van der Waals surface area contributed by atoms with E-state index in [1.54, 1.807) is 17.1 Å². The summed E-state index contributed by atoms with van der Waals surface area (Å²) >= 11 is 0. The number of nitrogens with zero attached hydrogens (tertiary/aromatic N) is 3. The monoisotopic (exact) mass is 469 g/mol. The zero-order valence-electron chi connectivity index (χ0n) is 21.5. The molecule has 1 unspecified atom stereocenters. The van der Waals surface area contributed by atoms with Gasteiger partial charge in [-0.3, -0.25) is 4.79 Å². The standard InChI is InChI=1S/C29H47N3O2/c1-2-3-4-5-6-7-8-9-10-11-12-13-14-15-16-17-18-22-27(29(33)34)26-21-19-20-23-28(26)32-25-24-30-31-32/h19-21,23-25,27H,2-18,22H2,1H3,(H,33,34). The molecule has 1 N–H and O–H groups in total. The van der Waals surface area contributed by atoms with Gasteiger partial charge >= 0.3 is 5.97 Å². The number of para-hydroxylation sites is 1. The lowest BCUT2D eigenvalue weighted by Gasteiger charge is -2.16. The minimum atomic E-state index is -0.760. The van der Waals surface area contributed by atoms with Crippen molar-refractivity contribution in [2.24, 2.45) is 0 Å². The molecule has 0 fully saturated rings. The van der Waals surface area contributed by atoms with E-state index in [-0.39, 0.29) is 0 Å². The van der Waals surface area contributed by atoms with Crippen molar-refractivity contribution in [3.8, 4) is 5.69 Å². The first kappa shape index (κ1) is 28.1. The topological polar surface area (TPSA) is 68.0 Å². The highest BCUT2D eigenvalue weighted by atomic mass is 16.4. The van der Waals surface area contributed by atoms with Crippen LogP contribution in [-0.2, 0) is 4.79 Å². The van der Waals surface area contributed by atoms with Crippen LogP contribution in [-0.4, -0.2) is 26.1 Å². The van der Waals surface area contributed by atoms with Gasteiger partial charge in [-0.25, -0.2) is 4.68 Å². The molecule has 0 bridgehead atoms. The number of rotatable bonds is 21. The van der Waals surface area contributed by atoms with Crippen LogP contribution in [0, 0.1) is 0 Å². The number of carboxylic acid groups (broad SMARTS) is 1. The highest BCUT2D eigenvalue weighted by Crippen LogP contribution is 2.28. The molecule has 0 spiro atoms. The summed E-state index contributed by atoms with van der Waals surface area (Å²) in [6.07, 6.45) is 26.7. The van der Waals surface area contributed by atoms with Crippen LogP contribution in [0.2, 0.25) is 0 Å². The van der Waals surface area contributed by atoms with Crippen LogP contribution in [0.3, 0.4) is 0 Å². The first-order valence-corrected chi connectivity index (χ1v) is 13.9. The Bertz CT molecular complexity index is 760. The highest BCUT2D eigenvalue weighted by molar-refractivity contribution is 5.77. The van der Waals surface area contributed by atoms with E-state index in [1.807, 2.05) is 24.3 Å². The minimum absolute atomic E-state index is 0.503. The maximum absolute atomic E-state index is 12.0. The van der Waals surface area contributed by atoms with Gasteiger partial charge in [-0.2, -0.15) is 0 Å². The molecule has 0 saturated heterocycles. The third kappa shape index (κ3) is 11.3. The van der Waals surface area contributed by atoms with Crippen LogP contribution in [0.25, 0.3) is 5.69 Å². The Balaban J connectivity index is 1.50. The summed E-state index contributed by atoms with van der Waals surface area (Å²) in [4.78, 5) is 12.0. The smallest absolute Gasteiger partial charge is 0.311 e. The lowest BCUT2D eigenvalue weighted by molar-refractivity contribution is -0.139. The Kier molecular flexibility index (Phi) is 15.0. The molecule has 0 aliphatic carbocycles. The van der Waals surface area contributed by atoms with Gasteiger partial charge in [0.25, 0.3) is 0 Å². The largest absolute Gasteiger partial charge is 0.481 e. The second-order valence-electron chi connectivity index (χ2n) is 9.74. The van der Waals surface area contributed by atoms with Crippen molar-refractivity contribution in [2.75, 3.05) is 0 Å². The molecule has 5 nitrogen and oxygen atoms in total. The molecule has 1 aromatic heterocycles. The van der Waals surface area contributed by atoms with Crippen LogP contribution >= 0.6 is 0 Å². The van der Waals surface area contributed by atoms with Crippen molar-refractivity contribution in [1.29, 1.82) is 0 Å². The molecule has 1 heterocycles. The van der Waals surface area contributed by atoms with E-state index in [9.17, 15) is 9.90 Å². The maximum Gasteiger partial charge on any atom is 0.311 e. The van der Waals surface area contributed by atoms with Crippen molar-refractivity contribution in [1.82, 2.24) is 15.0 Å². The Morgan fingerprint density at radius 3 is 1.76 bits per heavy atom. The van der Waals surface area contributed by atoms with E-state index in [4.69, 9.17) is 0 Å². The molecule has 1 atom stereocenters. The number of aromatic nitrogens is 3. The number of aliphatic carboxylic acids is 1. The molecule has 1 aromatic carbocycles. The summed E-state index contributed by atoms with van der Waals surface area (Å²) in [5.74, 6) is -1.26. The van der Waals surface area contributed by atoms with E-state index in [1.165, 1.54) is 96.3 Å². The summed E-state index contributed by atoms with van der Waals surface area (Å²) in [6, 6.07) is 7.63. The summed E-state index contributed by atoms with van der Waals surface area (Å²) < 4.78 is 1.65. The summed E-state index contributed by atoms with van der Waals surface area (Å²) in [7, 11) is 0. The van der Waals surface area contributed by atoms with Gasteiger partial charge in [-0.05, 0) is 18.1 Å². The van der Waals surface area contributed by atoms with Crippen molar-refractivity contribution in [3.63, 3.8) is 0 Å². The molecule has 0 saturated carbocycles. The number of benzene rings is 1. The summed E-state index contributed by atoms with van der Waals surface area (Å²) in [6.45, 7) is 2.28. The summed E-state index contributed by atoms with van der Waals surface area (Å²) in [5, 5.41) is 17.7. The Morgan fingerprint density at radius 2 is 1.29 bits per heavy atom. The fraction of sp³-hybridized carbons (Fsp3) is 0.690. The first-order chi connectivity index (χ1) is 16.7. The number of unbranched alkanes of at least 4 members (excludes halogenated alkanes) is 16. The van der Waals surface area contributed by atoms with E-state index >= 15 is 0 Å². The lowest BCUT2D eigenvalue weighted by atomic mass is 9.91. The van der Waals surface area contributed by atoms with E-state index < -0.39 is 11.9 Å². The van der Waals surface area contributed by atoms with Gasteiger partial charge in [0.15, 0.2) is 0 Å². The Labute approximate surface area is 207 Å². The van der Waals surface area contributed by atoms with Gasteiger partial charge in [0.2, 0.25) is 0 Å². The van der Waals surface area contributed by atoms with Crippen molar-refractivity contribution < 1.29 is 9.90 Å². The van der Waals surface area contributed by atoms with Gasteiger partial charge in [0, 0.05) is 0 Å². The van der Waals surface area contributed by atoms with Gasteiger partial charge in [0.1, 0.15) is 0 Å². The molecular formula is C29H47N3O2. The maximum atomic E-state index is 12.0. The van der Waals surface area contributed by atoms with E-state index in [2.05, 4.69) is 17.2 Å². The zero-order chi connectivity index (χ0) is 24.3. The van der Waals surface area contributed by atoms with Crippen LogP contribution in [0.4, 0.5) is 0 Å². The molecule has 0 aliphatic rings. The Morgan fingerprint density at radius 1 is 0.794 bits per heavy atom. The van der Waals surface area contributed by atoms with Crippen molar-refractivity contribution >= 4 is 5.97 Å². The average molecular weight is 470 g/mol. The molecule has 0 aliphatic heterocycles. The van der Waals surface area contributed by atoms with Crippen LogP contribution < -0.4 is 0 Å². The zero-order valence-corrected chi connectivity index (χ0v) is 21.5. The molecule has 2 aromatic rings. The summed E-state index contributed by atoms with van der Waals surface area (Å²) in [5.41, 5.74) is 1.62. The second-order valence-corrected chi connectivity index (χ2v) is 9.74. The van der Waals surface area contributed by atoms with Crippen LogP contribution in [0.5, 0.6) is 0 Å². The number of hydrogen-bond donors (Lipinski definition) is 1. The molecular weight excluding hydrogens is 422 g/mol. The van der Waals surface area contributed by atoms with Crippen LogP contribution in [0.15, 0.2) is 36.7 Å². The molecule has 2 rings (SSSR count). The van der Waals surface area contributed by atoms with Gasteiger partial charge in [-0.1, -0.05) is 139 Å². The molecule has 34 heavy (non-hydrogen) atoms. The molecule has 0 radical (unpaired) electrons. The lowest BCUT2D eigenvalue weighted by Crippen LogP contribution is -2.14. The number of carbonyl (C=O) groups is 1. The molecule has 5 heteroatoms. The van der Waals surface area contributed by atoms with Crippen LogP contribution in [0.1, 0.15) is 134 Å². The van der Waals surface area contributed by atoms with E-state index in [0.29, 0.717) is 6.42 Å². The minimum Gasteiger partial charge on any atom is -0.481 e. The van der Waals surface area contributed by atoms with E-state index in [0.717, 1.165) is 24.1 Å². The molecule has 0 amide bonds. The second kappa shape index (κ2) is 18.2. The quantitative estimate of drug-likeness (QED) is 0.186. The fourth-order valence-corrected chi connectivity index (χ4v) is 4.81. The predicted octanol–water partition coefficient (Wildman–Crippen LogP) is 8.48. The predicted molar refractivity (Wildman–Crippen MR) is 141 cm³/mol. The third-order valence-corrected chi connectivity index (χ3v) is 6.88. The third-order valence-electron chi connectivity index (χ3n) is 6.88. The normalized spacial score (nSPS) is 12.1. The van der Waals surface area contributed by atoms with Gasteiger partial charge < -0.3 is 5.11 Å². The van der Waals surface area contributed by atoms with Crippen molar-refractivity contribution in [3.05, 3.63) is 42.2 Å². The Hall–Kier alpha value is -2.17. The van der Waals surface area contributed by atoms with Gasteiger partial charge in [-0.15, -0.1) is 5.10 Å². The SMILES string of the molecule is CCCCCCCCCCCCCCCCCCCC(C(=O)O)c1ccccc1-n1ccnn1. The van der Waals surface area contributed by atoms with Crippen molar-refractivity contribution in [2.45, 2.75) is 128 Å². The highest BCUT2D eigenvalue weighted by Gasteiger charge is 2.23. The average Bonchev–Trinajstić information content (AvgIpc) is 3.38. The van der Waals surface area contributed by atoms with Gasteiger partial charge in [0.05, 0.1) is 24.0 Å². The fourth-order valence-electron chi connectivity index (χ4n) is 4.81. The molecule has 190 valence electrons.